The zero-order chi connectivity index (χ0) is 19.5. The van der Waals surface area contributed by atoms with Crippen molar-refractivity contribution in [1.29, 1.82) is 0 Å². The highest BCUT2D eigenvalue weighted by atomic mass is 16.5. The van der Waals surface area contributed by atoms with Crippen LogP contribution in [0.4, 0.5) is 5.69 Å². The Hall–Kier alpha value is -2.05. The summed E-state index contributed by atoms with van der Waals surface area (Å²) in [6.45, 7) is 3.93. The average Bonchev–Trinajstić information content (AvgIpc) is 3.12. The van der Waals surface area contributed by atoms with Gasteiger partial charge in [-0.05, 0) is 36.4 Å². The first-order valence-corrected chi connectivity index (χ1v) is 10.8. The fraction of sp³-hybridized carbons (Fsp3) is 0.609. The third-order valence-corrected chi connectivity index (χ3v) is 8.80. The zero-order valence-electron chi connectivity index (χ0n) is 16.9. The second kappa shape index (κ2) is 5.35. The smallest absolute Gasteiger partial charge is 0.229 e. The standard InChI is InChI=1S/C23H26N2O4/c1-27-16-7-13-15(8-17(16)28-2)25-19(26)9-18-21-20-12(3-6-29-18)10-24-5-4-23(13,22(21)25)14(20)11-24/h3,7-8,14,18,20-22H,4-6,9-11H2,1-2H3/t14-,18-,20-,21+,22+,23-/m1/s1. The number of ether oxygens (including phenoxy) is 3. The van der Waals surface area contributed by atoms with E-state index in [1.807, 2.05) is 6.07 Å². The van der Waals surface area contributed by atoms with Crippen molar-refractivity contribution in [1.82, 2.24) is 4.90 Å². The lowest BCUT2D eigenvalue weighted by Gasteiger charge is -2.50. The van der Waals surface area contributed by atoms with Gasteiger partial charge in [0.25, 0.3) is 0 Å². The number of hydrogen-bond donors (Lipinski definition) is 0. The van der Waals surface area contributed by atoms with Crippen molar-refractivity contribution in [3.05, 3.63) is 29.3 Å². The fourth-order valence-corrected chi connectivity index (χ4v) is 7.95. The summed E-state index contributed by atoms with van der Waals surface area (Å²) in [5.74, 6) is 3.11. The highest BCUT2D eigenvalue weighted by Crippen LogP contribution is 2.69. The summed E-state index contributed by atoms with van der Waals surface area (Å²) in [6.07, 6.45) is 3.95. The van der Waals surface area contributed by atoms with Crippen molar-refractivity contribution >= 4 is 11.6 Å². The van der Waals surface area contributed by atoms with Crippen LogP contribution in [0.25, 0.3) is 0 Å². The Kier molecular flexibility index (Phi) is 3.08. The maximum Gasteiger partial charge on any atom is 0.229 e. The number of amides is 1. The van der Waals surface area contributed by atoms with E-state index >= 15 is 0 Å². The van der Waals surface area contributed by atoms with E-state index < -0.39 is 0 Å². The van der Waals surface area contributed by atoms with Gasteiger partial charge < -0.3 is 19.1 Å². The van der Waals surface area contributed by atoms with Crippen molar-refractivity contribution in [2.45, 2.75) is 30.4 Å². The van der Waals surface area contributed by atoms with Crippen LogP contribution >= 0.6 is 0 Å². The summed E-state index contributed by atoms with van der Waals surface area (Å²) in [5.41, 5.74) is 3.89. The third kappa shape index (κ3) is 1.76. The summed E-state index contributed by atoms with van der Waals surface area (Å²) in [4.78, 5) is 18.2. The molecule has 1 unspecified atom stereocenters. The van der Waals surface area contributed by atoms with Crippen molar-refractivity contribution in [3.8, 4) is 11.5 Å². The van der Waals surface area contributed by atoms with Crippen molar-refractivity contribution in [2.75, 3.05) is 45.4 Å². The molecule has 6 heteroatoms. The van der Waals surface area contributed by atoms with E-state index in [0.717, 1.165) is 37.5 Å². The molecule has 5 aliphatic heterocycles. The van der Waals surface area contributed by atoms with Gasteiger partial charge in [0.2, 0.25) is 5.91 Å². The van der Waals surface area contributed by atoms with Crippen molar-refractivity contribution in [3.63, 3.8) is 0 Å². The molecule has 0 radical (unpaired) electrons. The third-order valence-electron chi connectivity index (χ3n) is 8.80. The highest BCUT2D eigenvalue weighted by Gasteiger charge is 2.73. The predicted molar refractivity (Wildman–Crippen MR) is 106 cm³/mol. The maximum atomic E-state index is 13.4. The Balaban J connectivity index is 1.53. The quantitative estimate of drug-likeness (QED) is 0.718. The second-order valence-corrected chi connectivity index (χ2v) is 9.52. The number of rotatable bonds is 2. The van der Waals surface area contributed by atoms with Gasteiger partial charge in [-0.1, -0.05) is 11.6 Å². The molecule has 1 saturated carbocycles. The molecule has 6 nitrogen and oxygen atoms in total. The molecule has 7 rings (SSSR count). The average molecular weight is 394 g/mol. The minimum absolute atomic E-state index is 0.00470. The van der Waals surface area contributed by atoms with Crippen LogP contribution in [-0.4, -0.2) is 63.4 Å². The van der Waals surface area contributed by atoms with Gasteiger partial charge >= 0.3 is 0 Å². The van der Waals surface area contributed by atoms with Crippen LogP contribution in [0.1, 0.15) is 18.4 Å². The number of carbonyl (C=O) groups is 1. The highest BCUT2D eigenvalue weighted by molar-refractivity contribution is 6.00. The van der Waals surface area contributed by atoms with Crippen LogP contribution in [0.5, 0.6) is 11.5 Å². The molecule has 3 saturated heterocycles. The summed E-state index contributed by atoms with van der Waals surface area (Å²) < 4.78 is 17.6. The topological polar surface area (TPSA) is 51.2 Å². The van der Waals surface area contributed by atoms with E-state index in [1.165, 1.54) is 5.56 Å². The van der Waals surface area contributed by atoms with Gasteiger partial charge in [0.1, 0.15) is 0 Å². The van der Waals surface area contributed by atoms with Gasteiger partial charge in [-0.3, -0.25) is 9.69 Å². The number of nitrogens with zero attached hydrogens (tertiary/aromatic N) is 2. The minimum Gasteiger partial charge on any atom is -0.493 e. The molecule has 4 fully saturated rings. The molecule has 1 aliphatic carbocycles. The first-order valence-electron chi connectivity index (χ1n) is 10.8. The Morgan fingerprint density at radius 3 is 2.86 bits per heavy atom. The number of fused-ring (bicyclic) bond motifs is 3. The lowest BCUT2D eigenvalue weighted by Crippen LogP contribution is -2.58. The number of methoxy groups -OCH3 is 2. The largest absolute Gasteiger partial charge is 0.493 e. The molecule has 29 heavy (non-hydrogen) atoms. The van der Waals surface area contributed by atoms with Gasteiger partial charge in [0, 0.05) is 30.5 Å². The normalized spacial score (nSPS) is 42.9. The molecule has 0 aromatic heterocycles. The van der Waals surface area contributed by atoms with E-state index in [0.29, 0.717) is 36.5 Å². The first kappa shape index (κ1) is 16.7. The Morgan fingerprint density at radius 1 is 1.21 bits per heavy atom. The Bertz CT molecular complexity index is 974. The molecular weight excluding hydrogens is 368 g/mol. The number of piperidine rings is 3. The van der Waals surface area contributed by atoms with E-state index in [-0.39, 0.29) is 23.5 Å². The molecule has 1 amide bonds. The molecule has 0 N–H and O–H groups in total. The fourth-order valence-electron chi connectivity index (χ4n) is 7.95. The van der Waals surface area contributed by atoms with E-state index in [4.69, 9.17) is 14.2 Å². The summed E-state index contributed by atoms with van der Waals surface area (Å²) >= 11 is 0. The van der Waals surface area contributed by atoms with Gasteiger partial charge in [0.15, 0.2) is 11.5 Å². The Labute approximate surface area is 170 Å². The molecule has 6 aliphatic rings. The second-order valence-electron chi connectivity index (χ2n) is 9.52. The number of anilines is 1. The lowest BCUT2D eigenvalue weighted by molar-refractivity contribution is -0.127. The summed E-state index contributed by atoms with van der Waals surface area (Å²) in [5, 5.41) is 0. The van der Waals surface area contributed by atoms with Crippen LogP contribution in [0.15, 0.2) is 23.8 Å². The number of carbonyl (C=O) groups excluding carboxylic acids is 1. The lowest BCUT2D eigenvalue weighted by atomic mass is 9.63. The molecule has 7 atom stereocenters. The van der Waals surface area contributed by atoms with Gasteiger partial charge in [0.05, 0.1) is 45.1 Å². The minimum atomic E-state index is -0.00470. The number of hydrogen-bond acceptors (Lipinski definition) is 5. The Morgan fingerprint density at radius 2 is 2.03 bits per heavy atom. The van der Waals surface area contributed by atoms with Crippen LogP contribution in [0.3, 0.4) is 0 Å². The van der Waals surface area contributed by atoms with Crippen LogP contribution in [-0.2, 0) is 14.9 Å². The summed E-state index contributed by atoms with van der Waals surface area (Å²) in [7, 11) is 3.36. The maximum absolute atomic E-state index is 13.4. The van der Waals surface area contributed by atoms with Gasteiger partial charge in [-0.2, -0.15) is 0 Å². The van der Waals surface area contributed by atoms with E-state index in [2.05, 4.69) is 21.9 Å². The van der Waals surface area contributed by atoms with E-state index in [1.54, 1.807) is 19.8 Å². The zero-order valence-corrected chi connectivity index (χ0v) is 16.9. The molecule has 2 bridgehead atoms. The molecular formula is C23H26N2O4. The van der Waals surface area contributed by atoms with Gasteiger partial charge in [-0.15, -0.1) is 0 Å². The molecule has 152 valence electrons. The predicted octanol–water partition coefficient (Wildman–Crippen LogP) is 1.97. The molecule has 1 aromatic carbocycles. The SMILES string of the molecule is COc1cc2c(cc1OC)[C@@]13CCN4CC5=CCO[C@@H]6CC(=O)N2[C@H]1[C@@H]6[C@H]5[C@H]3C4. The molecule has 1 spiro atoms. The number of benzene rings is 1. The first-order chi connectivity index (χ1) is 14.2. The summed E-state index contributed by atoms with van der Waals surface area (Å²) in [6, 6.07) is 4.41. The van der Waals surface area contributed by atoms with Crippen molar-refractivity contribution in [2.24, 2.45) is 17.8 Å². The van der Waals surface area contributed by atoms with Crippen molar-refractivity contribution < 1.29 is 19.0 Å². The van der Waals surface area contributed by atoms with Crippen LogP contribution in [0, 0.1) is 17.8 Å². The van der Waals surface area contributed by atoms with E-state index in [9.17, 15) is 4.79 Å². The van der Waals surface area contributed by atoms with Crippen LogP contribution in [0.2, 0.25) is 0 Å². The molecule has 1 aromatic rings. The monoisotopic (exact) mass is 394 g/mol. The van der Waals surface area contributed by atoms with Gasteiger partial charge in [-0.25, -0.2) is 0 Å². The molecule has 5 heterocycles. The van der Waals surface area contributed by atoms with Crippen LogP contribution < -0.4 is 14.4 Å².